The van der Waals surface area contributed by atoms with Gasteiger partial charge in [-0.15, -0.1) is 0 Å². The van der Waals surface area contributed by atoms with E-state index < -0.39 is 12.1 Å². The van der Waals surface area contributed by atoms with E-state index in [-0.39, 0.29) is 0 Å². The van der Waals surface area contributed by atoms with Gasteiger partial charge in [-0.2, -0.15) is 0 Å². The van der Waals surface area contributed by atoms with E-state index in [9.17, 15) is 9.90 Å². The SMILES string of the molecule is CCCCOC(=O)C(O)c1ccccc1CN1CCOCC1. The standard InChI is InChI=1S/C17H25NO4/c1-2-3-10-22-17(20)16(19)15-7-5-4-6-14(15)13-18-8-11-21-12-9-18/h4-7,16,19H,2-3,8-13H2,1H3. The van der Waals surface area contributed by atoms with Crippen LogP contribution >= 0.6 is 0 Å². The van der Waals surface area contributed by atoms with Crippen LogP contribution in [0, 0.1) is 0 Å². The average molecular weight is 307 g/mol. The maximum atomic E-state index is 12.0. The van der Waals surface area contributed by atoms with Crippen LogP contribution in [0.4, 0.5) is 0 Å². The first-order valence-corrected chi connectivity index (χ1v) is 7.95. The lowest BCUT2D eigenvalue weighted by atomic mass is 10.0. The number of aliphatic hydroxyl groups is 1. The molecular weight excluding hydrogens is 282 g/mol. The molecule has 5 nitrogen and oxygen atoms in total. The Balaban J connectivity index is 2.01. The summed E-state index contributed by atoms with van der Waals surface area (Å²) >= 11 is 0. The largest absolute Gasteiger partial charge is 0.464 e. The van der Waals surface area contributed by atoms with E-state index in [1.54, 1.807) is 6.07 Å². The molecule has 122 valence electrons. The minimum atomic E-state index is -1.21. The van der Waals surface area contributed by atoms with E-state index in [4.69, 9.17) is 9.47 Å². The second-order valence-electron chi connectivity index (χ2n) is 5.51. The van der Waals surface area contributed by atoms with Crippen LogP contribution in [0.1, 0.15) is 37.0 Å². The lowest BCUT2D eigenvalue weighted by Gasteiger charge is -2.27. The highest BCUT2D eigenvalue weighted by atomic mass is 16.5. The molecule has 0 saturated carbocycles. The van der Waals surface area contributed by atoms with Crippen molar-refractivity contribution in [1.29, 1.82) is 0 Å². The van der Waals surface area contributed by atoms with Crippen LogP contribution < -0.4 is 0 Å². The summed E-state index contributed by atoms with van der Waals surface area (Å²) in [6.45, 7) is 6.28. The molecule has 22 heavy (non-hydrogen) atoms. The number of ether oxygens (including phenoxy) is 2. The van der Waals surface area contributed by atoms with Gasteiger partial charge in [0.15, 0.2) is 6.10 Å². The zero-order valence-electron chi connectivity index (χ0n) is 13.2. The van der Waals surface area contributed by atoms with E-state index in [1.165, 1.54) is 0 Å². The Morgan fingerprint density at radius 2 is 2.09 bits per heavy atom. The van der Waals surface area contributed by atoms with Gasteiger partial charge < -0.3 is 14.6 Å². The molecule has 2 rings (SSSR count). The number of carbonyl (C=O) groups excluding carboxylic acids is 1. The van der Waals surface area contributed by atoms with Gasteiger partial charge in [0, 0.05) is 19.6 Å². The predicted octanol–water partition coefficient (Wildman–Crippen LogP) is 1.90. The zero-order chi connectivity index (χ0) is 15.8. The first-order chi connectivity index (χ1) is 10.7. The number of rotatable bonds is 7. The second-order valence-corrected chi connectivity index (χ2v) is 5.51. The fourth-order valence-corrected chi connectivity index (χ4v) is 2.47. The molecular formula is C17H25NO4. The summed E-state index contributed by atoms with van der Waals surface area (Å²) in [5, 5.41) is 10.3. The summed E-state index contributed by atoms with van der Waals surface area (Å²) in [4.78, 5) is 14.2. The molecule has 1 aliphatic heterocycles. The number of benzene rings is 1. The highest BCUT2D eigenvalue weighted by molar-refractivity contribution is 5.76. The van der Waals surface area contributed by atoms with Crippen LogP contribution in [-0.2, 0) is 20.8 Å². The Bertz CT molecular complexity index is 471. The van der Waals surface area contributed by atoms with Crippen molar-refractivity contribution in [3.63, 3.8) is 0 Å². The third kappa shape index (κ3) is 4.80. The molecule has 1 aromatic carbocycles. The maximum absolute atomic E-state index is 12.0. The van der Waals surface area contributed by atoms with E-state index >= 15 is 0 Å². The molecule has 1 fully saturated rings. The topological polar surface area (TPSA) is 59.0 Å². The van der Waals surface area contributed by atoms with Crippen molar-refractivity contribution in [3.05, 3.63) is 35.4 Å². The molecule has 1 unspecified atom stereocenters. The summed E-state index contributed by atoms with van der Waals surface area (Å²) in [6, 6.07) is 7.50. The van der Waals surface area contributed by atoms with E-state index in [0.29, 0.717) is 18.7 Å². The highest BCUT2D eigenvalue weighted by Gasteiger charge is 2.22. The molecule has 1 heterocycles. The van der Waals surface area contributed by atoms with Crippen LogP contribution in [0.3, 0.4) is 0 Å². The number of nitrogens with zero attached hydrogens (tertiary/aromatic N) is 1. The summed E-state index contributed by atoms with van der Waals surface area (Å²) in [5.41, 5.74) is 1.60. The maximum Gasteiger partial charge on any atom is 0.339 e. The number of hydrogen-bond donors (Lipinski definition) is 1. The van der Waals surface area contributed by atoms with Gasteiger partial charge in [-0.1, -0.05) is 37.6 Å². The van der Waals surface area contributed by atoms with Gasteiger partial charge in [0.25, 0.3) is 0 Å². The first kappa shape index (κ1) is 16.9. The molecule has 0 aliphatic carbocycles. The van der Waals surface area contributed by atoms with Crippen LogP contribution in [0.5, 0.6) is 0 Å². The fourth-order valence-electron chi connectivity index (χ4n) is 2.47. The van der Waals surface area contributed by atoms with Crippen LogP contribution in [0.25, 0.3) is 0 Å². The molecule has 0 spiro atoms. The molecule has 1 saturated heterocycles. The van der Waals surface area contributed by atoms with Crippen molar-refractivity contribution < 1.29 is 19.4 Å². The zero-order valence-corrected chi connectivity index (χ0v) is 13.2. The highest BCUT2D eigenvalue weighted by Crippen LogP contribution is 2.21. The lowest BCUT2D eigenvalue weighted by molar-refractivity contribution is -0.154. The van der Waals surface area contributed by atoms with Gasteiger partial charge in [0.05, 0.1) is 19.8 Å². The molecule has 0 bridgehead atoms. The Morgan fingerprint density at radius 3 is 2.82 bits per heavy atom. The molecule has 1 aromatic rings. The van der Waals surface area contributed by atoms with Gasteiger partial charge in [-0.25, -0.2) is 4.79 Å². The number of hydrogen-bond acceptors (Lipinski definition) is 5. The van der Waals surface area contributed by atoms with Crippen molar-refractivity contribution in [2.75, 3.05) is 32.9 Å². The van der Waals surface area contributed by atoms with Crippen molar-refractivity contribution in [1.82, 2.24) is 4.90 Å². The minimum Gasteiger partial charge on any atom is -0.464 e. The number of unbranched alkanes of at least 4 members (excludes halogenated alkanes) is 1. The Morgan fingerprint density at radius 1 is 1.36 bits per heavy atom. The van der Waals surface area contributed by atoms with Crippen molar-refractivity contribution in [2.24, 2.45) is 0 Å². The van der Waals surface area contributed by atoms with E-state index in [2.05, 4.69) is 4.90 Å². The predicted molar refractivity (Wildman–Crippen MR) is 83.4 cm³/mol. The van der Waals surface area contributed by atoms with E-state index in [1.807, 2.05) is 25.1 Å². The third-order valence-corrected chi connectivity index (χ3v) is 3.81. The number of esters is 1. The van der Waals surface area contributed by atoms with Crippen molar-refractivity contribution in [3.8, 4) is 0 Å². The quantitative estimate of drug-likeness (QED) is 0.616. The fraction of sp³-hybridized carbons (Fsp3) is 0.588. The second kappa shape index (κ2) is 8.88. The van der Waals surface area contributed by atoms with Gasteiger partial charge in [-0.3, -0.25) is 4.90 Å². The lowest BCUT2D eigenvalue weighted by Crippen LogP contribution is -2.36. The molecule has 0 amide bonds. The van der Waals surface area contributed by atoms with Gasteiger partial charge in [-0.05, 0) is 17.5 Å². The average Bonchev–Trinajstić information content (AvgIpc) is 2.56. The number of aliphatic hydroxyl groups excluding tert-OH is 1. The van der Waals surface area contributed by atoms with Crippen LogP contribution in [0.2, 0.25) is 0 Å². The number of carbonyl (C=O) groups is 1. The van der Waals surface area contributed by atoms with Gasteiger partial charge in [0.1, 0.15) is 0 Å². The first-order valence-electron chi connectivity index (χ1n) is 7.95. The molecule has 5 heteroatoms. The summed E-state index contributed by atoms with van der Waals surface area (Å²) in [7, 11) is 0. The van der Waals surface area contributed by atoms with Crippen molar-refractivity contribution >= 4 is 5.97 Å². The minimum absolute atomic E-state index is 0.359. The summed E-state index contributed by atoms with van der Waals surface area (Å²) in [5.74, 6) is -0.567. The molecule has 1 aliphatic rings. The third-order valence-electron chi connectivity index (χ3n) is 3.81. The Hall–Kier alpha value is -1.43. The Labute approximate surface area is 131 Å². The normalized spacial score (nSPS) is 17.2. The molecule has 0 radical (unpaired) electrons. The molecule has 1 atom stereocenters. The van der Waals surface area contributed by atoms with Crippen molar-refractivity contribution in [2.45, 2.75) is 32.4 Å². The molecule has 0 aromatic heterocycles. The van der Waals surface area contributed by atoms with Gasteiger partial charge in [0.2, 0.25) is 0 Å². The number of morpholine rings is 1. The summed E-state index contributed by atoms with van der Waals surface area (Å²) < 4.78 is 10.5. The molecule has 1 N–H and O–H groups in total. The van der Waals surface area contributed by atoms with E-state index in [0.717, 1.165) is 44.7 Å². The van der Waals surface area contributed by atoms with Crippen LogP contribution in [0.15, 0.2) is 24.3 Å². The Kier molecular flexibility index (Phi) is 6.83. The van der Waals surface area contributed by atoms with Crippen LogP contribution in [-0.4, -0.2) is 48.9 Å². The smallest absolute Gasteiger partial charge is 0.339 e. The monoisotopic (exact) mass is 307 g/mol. The summed E-state index contributed by atoms with van der Waals surface area (Å²) in [6.07, 6.45) is 0.555. The van der Waals surface area contributed by atoms with Gasteiger partial charge >= 0.3 is 5.97 Å².